The fraction of sp³-hybridized carbons (Fsp3) is 0.100. The number of pyridine rings is 2. The molecular weight excluding hydrogens is 331 g/mol. The summed E-state index contributed by atoms with van der Waals surface area (Å²) < 4.78 is 18.3. The van der Waals surface area contributed by atoms with Crippen LogP contribution in [0.3, 0.4) is 0 Å². The van der Waals surface area contributed by atoms with Crippen molar-refractivity contribution in [3.05, 3.63) is 72.6 Å². The van der Waals surface area contributed by atoms with Gasteiger partial charge in [0.15, 0.2) is 0 Å². The molecule has 0 atom stereocenters. The quantitative estimate of drug-likeness (QED) is 0.562. The number of aromatic amines is 1. The lowest BCUT2D eigenvalue weighted by atomic mass is 10.1. The summed E-state index contributed by atoms with van der Waals surface area (Å²) in [5.74, 6) is 0.469. The van der Waals surface area contributed by atoms with E-state index in [1.807, 2.05) is 18.3 Å². The molecule has 130 valence electrons. The average molecular weight is 348 g/mol. The number of H-pyrrole nitrogens is 1. The van der Waals surface area contributed by atoms with E-state index in [1.54, 1.807) is 37.8 Å². The number of nitrogens with one attached hydrogen (secondary N) is 2. The average Bonchev–Trinajstić information content (AvgIpc) is 3.11. The summed E-state index contributed by atoms with van der Waals surface area (Å²) in [5.41, 5.74) is 4.64. The lowest BCUT2D eigenvalue weighted by Gasteiger charge is -2.07. The van der Waals surface area contributed by atoms with Gasteiger partial charge in [-0.3, -0.25) is 4.98 Å². The van der Waals surface area contributed by atoms with Crippen LogP contribution in [-0.2, 0) is 6.54 Å². The van der Waals surface area contributed by atoms with Gasteiger partial charge >= 0.3 is 0 Å². The minimum absolute atomic E-state index is 0.235. The summed E-state index contributed by atoms with van der Waals surface area (Å²) in [5, 5.41) is 4.31. The van der Waals surface area contributed by atoms with Crippen molar-refractivity contribution in [2.75, 3.05) is 12.4 Å². The van der Waals surface area contributed by atoms with E-state index >= 15 is 0 Å². The summed E-state index contributed by atoms with van der Waals surface area (Å²) in [6.45, 7) is 0.591. The highest BCUT2D eigenvalue weighted by Gasteiger charge is 2.09. The van der Waals surface area contributed by atoms with Crippen LogP contribution in [-0.4, -0.2) is 22.1 Å². The van der Waals surface area contributed by atoms with Crippen LogP contribution in [0.15, 0.2) is 61.2 Å². The second-order valence-corrected chi connectivity index (χ2v) is 5.92. The van der Waals surface area contributed by atoms with Crippen molar-refractivity contribution in [3.63, 3.8) is 0 Å². The number of benzene rings is 1. The third kappa shape index (κ3) is 3.21. The first kappa shape index (κ1) is 16.1. The summed E-state index contributed by atoms with van der Waals surface area (Å²) in [7, 11) is 1.62. The van der Waals surface area contributed by atoms with Gasteiger partial charge in [-0.1, -0.05) is 12.1 Å². The summed E-state index contributed by atoms with van der Waals surface area (Å²) in [6.07, 6.45) is 7.16. The molecule has 26 heavy (non-hydrogen) atoms. The summed E-state index contributed by atoms with van der Waals surface area (Å²) in [6, 6.07) is 10.4. The highest BCUT2D eigenvalue weighted by molar-refractivity contribution is 5.95. The monoisotopic (exact) mass is 348 g/mol. The SMILES string of the molecule is COc1cncc(-c2c[nH]c3ncc(NCc4ccc(F)cc4)cc23)c1. The van der Waals surface area contributed by atoms with Crippen molar-refractivity contribution in [3.8, 4) is 16.9 Å². The zero-order valence-corrected chi connectivity index (χ0v) is 14.2. The van der Waals surface area contributed by atoms with E-state index in [0.717, 1.165) is 33.4 Å². The van der Waals surface area contributed by atoms with Gasteiger partial charge in [0.1, 0.15) is 17.2 Å². The van der Waals surface area contributed by atoms with Crippen LogP contribution in [0.5, 0.6) is 5.75 Å². The molecule has 2 N–H and O–H groups in total. The Morgan fingerprint density at radius 3 is 2.77 bits per heavy atom. The van der Waals surface area contributed by atoms with Gasteiger partial charge < -0.3 is 15.0 Å². The third-order valence-electron chi connectivity index (χ3n) is 4.20. The van der Waals surface area contributed by atoms with E-state index in [4.69, 9.17) is 4.74 Å². The van der Waals surface area contributed by atoms with Crippen LogP contribution in [0, 0.1) is 5.82 Å². The Kier molecular flexibility index (Phi) is 4.23. The zero-order valence-electron chi connectivity index (χ0n) is 14.2. The van der Waals surface area contributed by atoms with Crippen molar-refractivity contribution in [2.45, 2.75) is 6.54 Å². The van der Waals surface area contributed by atoms with Crippen LogP contribution < -0.4 is 10.1 Å². The maximum Gasteiger partial charge on any atom is 0.138 e. The van der Waals surface area contributed by atoms with Crippen molar-refractivity contribution in [2.24, 2.45) is 0 Å². The van der Waals surface area contributed by atoms with Crippen molar-refractivity contribution in [1.29, 1.82) is 0 Å². The van der Waals surface area contributed by atoms with Crippen LogP contribution in [0.25, 0.3) is 22.2 Å². The van der Waals surface area contributed by atoms with Gasteiger partial charge in [-0.15, -0.1) is 0 Å². The van der Waals surface area contributed by atoms with E-state index in [0.29, 0.717) is 12.3 Å². The number of ether oxygens (including phenoxy) is 1. The molecule has 0 aliphatic heterocycles. The molecule has 0 unspecified atom stereocenters. The van der Waals surface area contributed by atoms with Crippen LogP contribution in [0.2, 0.25) is 0 Å². The molecule has 0 aliphatic carbocycles. The molecule has 1 aromatic carbocycles. The number of anilines is 1. The number of aromatic nitrogens is 3. The second-order valence-electron chi connectivity index (χ2n) is 5.92. The minimum atomic E-state index is -0.235. The molecule has 4 aromatic rings. The number of methoxy groups -OCH3 is 1. The smallest absolute Gasteiger partial charge is 0.138 e. The van der Waals surface area contributed by atoms with Crippen LogP contribution in [0.1, 0.15) is 5.56 Å². The number of fused-ring (bicyclic) bond motifs is 1. The molecule has 0 saturated carbocycles. The van der Waals surface area contributed by atoms with E-state index in [-0.39, 0.29) is 5.82 Å². The first-order chi connectivity index (χ1) is 12.7. The lowest BCUT2D eigenvalue weighted by molar-refractivity contribution is 0.413. The summed E-state index contributed by atoms with van der Waals surface area (Å²) >= 11 is 0. The predicted molar refractivity (Wildman–Crippen MR) is 99.6 cm³/mol. The van der Waals surface area contributed by atoms with Gasteiger partial charge in [0.2, 0.25) is 0 Å². The number of hydrogen-bond donors (Lipinski definition) is 2. The maximum absolute atomic E-state index is 13.0. The lowest BCUT2D eigenvalue weighted by Crippen LogP contribution is -1.99. The predicted octanol–water partition coefficient (Wildman–Crippen LogP) is 4.38. The molecule has 3 heterocycles. The Bertz CT molecular complexity index is 1040. The normalized spacial score (nSPS) is 10.8. The van der Waals surface area contributed by atoms with Crippen molar-refractivity contribution < 1.29 is 9.13 Å². The van der Waals surface area contributed by atoms with Gasteiger partial charge in [0.25, 0.3) is 0 Å². The molecule has 0 bridgehead atoms. The second kappa shape index (κ2) is 6.84. The maximum atomic E-state index is 13.0. The van der Waals surface area contributed by atoms with E-state index in [1.165, 1.54) is 12.1 Å². The fourth-order valence-electron chi connectivity index (χ4n) is 2.82. The van der Waals surface area contributed by atoms with Crippen molar-refractivity contribution in [1.82, 2.24) is 15.0 Å². The first-order valence-electron chi connectivity index (χ1n) is 8.18. The Morgan fingerprint density at radius 1 is 1.12 bits per heavy atom. The van der Waals surface area contributed by atoms with Crippen LogP contribution >= 0.6 is 0 Å². The van der Waals surface area contributed by atoms with Crippen LogP contribution in [0.4, 0.5) is 10.1 Å². The first-order valence-corrected chi connectivity index (χ1v) is 8.18. The van der Waals surface area contributed by atoms with Gasteiger partial charge in [-0.2, -0.15) is 0 Å². The van der Waals surface area contributed by atoms with E-state index < -0.39 is 0 Å². The molecule has 4 rings (SSSR count). The highest BCUT2D eigenvalue weighted by atomic mass is 19.1. The van der Waals surface area contributed by atoms with Gasteiger partial charge in [-0.05, 0) is 29.8 Å². The Morgan fingerprint density at radius 2 is 1.96 bits per heavy atom. The standard InChI is InChI=1S/C20H17FN4O/c1-26-17-6-14(9-22-11-17)19-12-25-20-18(19)7-16(10-24-20)23-8-13-2-4-15(21)5-3-13/h2-7,9-12,23H,8H2,1H3,(H,24,25). The number of rotatable bonds is 5. The molecule has 0 fully saturated rings. The Balaban J connectivity index is 1.62. The number of halogens is 1. The zero-order chi connectivity index (χ0) is 17.9. The van der Waals surface area contributed by atoms with E-state index in [9.17, 15) is 4.39 Å². The number of hydrogen-bond acceptors (Lipinski definition) is 4. The summed E-state index contributed by atoms with van der Waals surface area (Å²) in [4.78, 5) is 11.9. The third-order valence-corrected chi connectivity index (χ3v) is 4.20. The Hall–Kier alpha value is -3.41. The van der Waals surface area contributed by atoms with Gasteiger partial charge in [0, 0.05) is 35.5 Å². The van der Waals surface area contributed by atoms with Gasteiger partial charge in [0.05, 0.1) is 25.2 Å². The molecule has 0 radical (unpaired) electrons. The Labute approximate surface area is 149 Å². The van der Waals surface area contributed by atoms with Crippen molar-refractivity contribution >= 4 is 16.7 Å². The molecule has 0 saturated heterocycles. The number of nitrogens with zero attached hydrogens (tertiary/aromatic N) is 2. The molecular formula is C20H17FN4O. The molecule has 6 heteroatoms. The van der Waals surface area contributed by atoms with Gasteiger partial charge in [-0.25, -0.2) is 9.37 Å². The van der Waals surface area contributed by atoms with E-state index in [2.05, 4.69) is 20.3 Å². The molecule has 0 spiro atoms. The topological polar surface area (TPSA) is 62.8 Å². The fourth-order valence-corrected chi connectivity index (χ4v) is 2.82. The molecule has 5 nitrogen and oxygen atoms in total. The molecule has 0 amide bonds. The minimum Gasteiger partial charge on any atom is -0.495 e. The highest BCUT2D eigenvalue weighted by Crippen LogP contribution is 2.30. The molecule has 0 aliphatic rings. The largest absolute Gasteiger partial charge is 0.495 e. The molecule has 3 aromatic heterocycles.